The molecule has 6 heteroatoms. The van der Waals surface area contributed by atoms with E-state index in [0.29, 0.717) is 23.2 Å². The maximum Gasteiger partial charge on any atom is 0.259 e. The highest BCUT2D eigenvalue weighted by Crippen LogP contribution is 2.34. The van der Waals surface area contributed by atoms with E-state index in [1.54, 1.807) is 16.9 Å². The van der Waals surface area contributed by atoms with Gasteiger partial charge in [-0.2, -0.15) is 5.10 Å². The van der Waals surface area contributed by atoms with Crippen LogP contribution in [0.2, 0.25) is 0 Å². The maximum atomic E-state index is 13.0. The van der Waals surface area contributed by atoms with Gasteiger partial charge in [0.15, 0.2) is 11.4 Å². The summed E-state index contributed by atoms with van der Waals surface area (Å²) in [5.74, 6) is 0.113. The number of aromatic nitrogens is 3. The van der Waals surface area contributed by atoms with E-state index in [0.717, 1.165) is 38.0 Å². The largest absolute Gasteiger partial charge is 0.338 e. The summed E-state index contributed by atoms with van der Waals surface area (Å²) in [5.41, 5.74) is 2.53. The van der Waals surface area contributed by atoms with E-state index < -0.39 is 0 Å². The summed E-state index contributed by atoms with van der Waals surface area (Å²) in [6.07, 6.45) is 8.99. The van der Waals surface area contributed by atoms with Crippen LogP contribution in [-0.2, 0) is 6.42 Å². The highest BCUT2D eigenvalue weighted by molar-refractivity contribution is 6.01. The number of Topliss-reactive ketones (excluding diaryl/α,β-unsaturated/α-hetero) is 1. The van der Waals surface area contributed by atoms with Crippen LogP contribution in [0.3, 0.4) is 0 Å². The van der Waals surface area contributed by atoms with Crippen LogP contribution in [0.15, 0.2) is 12.4 Å². The number of fused-ring (bicyclic) bond motifs is 3. The highest BCUT2D eigenvalue weighted by Gasteiger charge is 2.34. The minimum Gasteiger partial charge on any atom is -0.338 e. The molecule has 6 nitrogen and oxygen atoms in total. The third-order valence-electron chi connectivity index (χ3n) is 5.34. The zero-order valence-electron chi connectivity index (χ0n) is 14.9. The fourth-order valence-corrected chi connectivity index (χ4v) is 4.02. The van der Waals surface area contributed by atoms with Gasteiger partial charge in [-0.1, -0.05) is 26.7 Å². The predicted octanol–water partition coefficient (Wildman–Crippen LogP) is 2.90. The molecule has 0 radical (unpaired) electrons. The molecule has 0 unspecified atom stereocenters. The second kappa shape index (κ2) is 5.93. The van der Waals surface area contributed by atoms with Gasteiger partial charge in [0.25, 0.3) is 5.91 Å². The van der Waals surface area contributed by atoms with Gasteiger partial charge in [-0.05, 0) is 24.7 Å². The summed E-state index contributed by atoms with van der Waals surface area (Å²) in [5, 5.41) is 4.43. The average Bonchev–Trinajstić information content (AvgIpc) is 2.80. The predicted molar refractivity (Wildman–Crippen MR) is 93.8 cm³/mol. The molecule has 3 heterocycles. The molecule has 1 saturated heterocycles. The van der Waals surface area contributed by atoms with Gasteiger partial charge in [-0.25, -0.2) is 9.50 Å². The fraction of sp³-hybridized carbons (Fsp3) is 0.579. The van der Waals surface area contributed by atoms with Crippen molar-refractivity contribution in [3.05, 3.63) is 29.2 Å². The molecule has 2 aliphatic rings. The van der Waals surface area contributed by atoms with E-state index in [-0.39, 0.29) is 17.1 Å². The Kier molecular flexibility index (Phi) is 3.85. The molecule has 0 N–H and O–H groups in total. The molecule has 0 spiro atoms. The summed E-state index contributed by atoms with van der Waals surface area (Å²) in [4.78, 5) is 31.7. The quantitative estimate of drug-likeness (QED) is 0.800. The SMILES string of the molecule is CC1(C)CC(=O)c2cnc3c(C(=O)N4CCCCCC4)cnn3c2C1. The van der Waals surface area contributed by atoms with Crippen LogP contribution in [0.25, 0.3) is 5.65 Å². The number of hydrogen-bond acceptors (Lipinski definition) is 4. The topological polar surface area (TPSA) is 67.6 Å². The van der Waals surface area contributed by atoms with E-state index >= 15 is 0 Å². The molecule has 2 aromatic heterocycles. The smallest absolute Gasteiger partial charge is 0.259 e. The average molecular weight is 340 g/mol. The van der Waals surface area contributed by atoms with Crippen LogP contribution in [0.1, 0.15) is 72.4 Å². The van der Waals surface area contributed by atoms with Crippen LogP contribution < -0.4 is 0 Å². The first-order valence-corrected chi connectivity index (χ1v) is 9.14. The summed E-state index contributed by atoms with van der Waals surface area (Å²) in [6.45, 7) is 5.78. The lowest BCUT2D eigenvalue weighted by Crippen LogP contribution is -2.32. The number of nitrogens with zero attached hydrogens (tertiary/aromatic N) is 4. The van der Waals surface area contributed by atoms with E-state index in [4.69, 9.17) is 0 Å². The monoisotopic (exact) mass is 340 g/mol. The van der Waals surface area contributed by atoms with Gasteiger partial charge >= 0.3 is 0 Å². The van der Waals surface area contributed by atoms with Crippen molar-refractivity contribution in [1.82, 2.24) is 19.5 Å². The number of rotatable bonds is 1. The highest BCUT2D eigenvalue weighted by atomic mass is 16.2. The third-order valence-corrected chi connectivity index (χ3v) is 5.34. The van der Waals surface area contributed by atoms with Gasteiger partial charge in [0.05, 0.1) is 17.5 Å². The first-order chi connectivity index (χ1) is 12.0. The number of carbonyl (C=O) groups is 2. The fourth-order valence-electron chi connectivity index (χ4n) is 4.02. The van der Waals surface area contributed by atoms with Gasteiger partial charge in [0.1, 0.15) is 5.56 Å². The first kappa shape index (κ1) is 16.2. The zero-order chi connectivity index (χ0) is 17.6. The van der Waals surface area contributed by atoms with Gasteiger partial charge in [0.2, 0.25) is 0 Å². The molecule has 2 aromatic rings. The van der Waals surface area contributed by atoms with Crippen molar-refractivity contribution in [1.29, 1.82) is 0 Å². The molecular formula is C19H24N4O2. The number of hydrogen-bond donors (Lipinski definition) is 0. The minimum atomic E-state index is -0.0979. The normalized spacial score (nSPS) is 20.4. The van der Waals surface area contributed by atoms with Crippen LogP contribution in [0.5, 0.6) is 0 Å². The molecule has 1 fully saturated rings. The van der Waals surface area contributed by atoms with Crippen molar-refractivity contribution in [2.24, 2.45) is 5.41 Å². The van der Waals surface area contributed by atoms with Crippen LogP contribution in [-0.4, -0.2) is 44.3 Å². The number of amides is 1. The van der Waals surface area contributed by atoms with Gasteiger partial charge < -0.3 is 4.90 Å². The number of ketones is 1. The molecule has 0 aromatic carbocycles. The Labute approximate surface area is 147 Å². The van der Waals surface area contributed by atoms with Crippen molar-refractivity contribution in [2.75, 3.05) is 13.1 Å². The summed E-state index contributed by atoms with van der Waals surface area (Å²) >= 11 is 0. The van der Waals surface area contributed by atoms with Crippen molar-refractivity contribution < 1.29 is 9.59 Å². The Balaban J connectivity index is 1.75. The number of carbonyl (C=O) groups excluding carboxylic acids is 2. The molecule has 0 atom stereocenters. The molecule has 1 aliphatic carbocycles. The Hall–Kier alpha value is -2.24. The minimum absolute atomic E-state index is 0.00532. The molecule has 1 aliphatic heterocycles. The molecule has 4 rings (SSSR count). The van der Waals surface area contributed by atoms with E-state index in [2.05, 4.69) is 23.9 Å². The van der Waals surface area contributed by atoms with Crippen molar-refractivity contribution in [2.45, 2.75) is 52.4 Å². The summed E-state index contributed by atoms with van der Waals surface area (Å²) < 4.78 is 1.71. The van der Waals surface area contributed by atoms with Gasteiger partial charge in [-0.3, -0.25) is 9.59 Å². The molecule has 25 heavy (non-hydrogen) atoms. The lowest BCUT2D eigenvalue weighted by Gasteiger charge is -2.29. The summed E-state index contributed by atoms with van der Waals surface area (Å²) in [7, 11) is 0. The second-order valence-electron chi connectivity index (χ2n) is 8.06. The number of likely N-dealkylation sites (tertiary alicyclic amines) is 1. The van der Waals surface area contributed by atoms with E-state index in [9.17, 15) is 9.59 Å². The van der Waals surface area contributed by atoms with Crippen molar-refractivity contribution >= 4 is 17.3 Å². The summed E-state index contributed by atoms with van der Waals surface area (Å²) in [6, 6.07) is 0. The second-order valence-corrected chi connectivity index (χ2v) is 8.06. The van der Waals surface area contributed by atoms with E-state index in [1.807, 2.05) is 4.90 Å². The first-order valence-electron chi connectivity index (χ1n) is 9.14. The molecular weight excluding hydrogens is 316 g/mol. The lowest BCUT2D eigenvalue weighted by molar-refractivity contribution is 0.0763. The van der Waals surface area contributed by atoms with E-state index in [1.165, 1.54) is 12.8 Å². The van der Waals surface area contributed by atoms with Crippen molar-refractivity contribution in [3.8, 4) is 0 Å². The van der Waals surface area contributed by atoms with Crippen LogP contribution in [0, 0.1) is 5.41 Å². The Morgan fingerprint density at radius 3 is 2.52 bits per heavy atom. The molecule has 132 valence electrons. The Morgan fingerprint density at radius 2 is 1.80 bits per heavy atom. The van der Waals surface area contributed by atoms with Crippen LogP contribution >= 0.6 is 0 Å². The standard InChI is InChI=1S/C19H24N4O2/c1-19(2)9-15-13(16(24)10-19)11-20-17-14(12-21-23(15)17)18(25)22-7-5-3-4-6-8-22/h11-12H,3-10H2,1-2H3. The molecule has 1 amide bonds. The van der Waals surface area contributed by atoms with Crippen molar-refractivity contribution in [3.63, 3.8) is 0 Å². The lowest BCUT2D eigenvalue weighted by atomic mass is 9.76. The Bertz CT molecular complexity index is 844. The third kappa shape index (κ3) is 2.83. The zero-order valence-corrected chi connectivity index (χ0v) is 14.9. The molecule has 0 bridgehead atoms. The van der Waals surface area contributed by atoms with Crippen LogP contribution in [0.4, 0.5) is 0 Å². The van der Waals surface area contributed by atoms with Gasteiger partial charge in [-0.15, -0.1) is 0 Å². The van der Waals surface area contributed by atoms with Gasteiger partial charge in [0, 0.05) is 25.7 Å². The maximum absolute atomic E-state index is 13.0. The Morgan fingerprint density at radius 1 is 1.08 bits per heavy atom. The molecule has 0 saturated carbocycles.